The number of para-hydroxylation sites is 1. The molecule has 3 N–H and O–H groups in total. The number of rotatable bonds is 3. The highest BCUT2D eigenvalue weighted by atomic mass is 15.2. The minimum atomic E-state index is 0.183. The summed E-state index contributed by atoms with van der Waals surface area (Å²) in [5, 5.41) is 0. The topological polar surface area (TPSA) is 38.0 Å². The van der Waals surface area contributed by atoms with Crippen molar-refractivity contribution in [1.82, 2.24) is 0 Å². The lowest BCUT2D eigenvalue weighted by Crippen LogP contribution is -2.20. The highest BCUT2D eigenvalue weighted by Gasteiger charge is 2.20. The first-order valence-corrected chi connectivity index (χ1v) is 4.68. The standard InChI is InChI=1S/C11H18N2/c1-4-11(2,3)9-7-5-6-8-10(9)13-12/h5-8,13H,4,12H2,1-3H3. The molecule has 0 spiro atoms. The Balaban J connectivity index is 3.12. The Morgan fingerprint density at radius 2 is 1.92 bits per heavy atom. The van der Waals surface area contributed by atoms with Crippen molar-refractivity contribution in [3.8, 4) is 0 Å². The molecule has 0 atom stereocenters. The Labute approximate surface area is 80.1 Å². The molecule has 1 aromatic rings. The summed E-state index contributed by atoms with van der Waals surface area (Å²) in [5.74, 6) is 5.45. The number of hydrogen-bond acceptors (Lipinski definition) is 2. The van der Waals surface area contributed by atoms with Gasteiger partial charge in [-0.1, -0.05) is 39.0 Å². The molecule has 2 nitrogen and oxygen atoms in total. The zero-order chi connectivity index (χ0) is 9.90. The summed E-state index contributed by atoms with van der Waals surface area (Å²) >= 11 is 0. The first kappa shape index (κ1) is 10.1. The van der Waals surface area contributed by atoms with E-state index in [9.17, 15) is 0 Å². The number of nitrogen functional groups attached to an aromatic ring is 1. The van der Waals surface area contributed by atoms with Crippen LogP contribution in [0.5, 0.6) is 0 Å². The average Bonchev–Trinajstić information content (AvgIpc) is 2.18. The molecule has 0 bridgehead atoms. The fourth-order valence-corrected chi connectivity index (χ4v) is 1.39. The van der Waals surface area contributed by atoms with Gasteiger partial charge in [-0.3, -0.25) is 5.84 Å². The number of hydrogen-bond donors (Lipinski definition) is 2. The van der Waals surface area contributed by atoms with Crippen LogP contribution in [0.4, 0.5) is 5.69 Å². The van der Waals surface area contributed by atoms with Gasteiger partial charge in [0, 0.05) is 0 Å². The SMILES string of the molecule is CCC(C)(C)c1ccccc1NN. The molecule has 2 heteroatoms. The van der Waals surface area contributed by atoms with Crippen molar-refractivity contribution in [2.24, 2.45) is 5.84 Å². The van der Waals surface area contributed by atoms with Crippen LogP contribution in [0.1, 0.15) is 32.8 Å². The van der Waals surface area contributed by atoms with E-state index < -0.39 is 0 Å². The summed E-state index contributed by atoms with van der Waals surface area (Å²) in [5.41, 5.74) is 5.22. The average molecular weight is 178 g/mol. The zero-order valence-corrected chi connectivity index (χ0v) is 8.59. The normalized spacial score (nSPS) is 11.4. The van der Waals surface area contributed by atoms with Gasteiger partial charge in [-0.2, -0.15) is 0 Å². The minimum absolute atomic E-state index is 0.183. The lowest BCUT2D eigenvalue weighted by atomic mass is 9.81. The molecule has 0 aliphatic rings. The van der Waals surface area contributed by atoms with Gasteiger partial charge < -0.3 is 5.43 Å². The monoisotopic (exact) mass is 178 g/mol. The van der Waals surface area contributed by atoms with Gasteiger partial charge in [0.2, 0.25) is 0 Å². The summed E-state index contributed by atoms with van der Waals surface area (Å²) < 4.78 is 0. The van der Waals surface area contributed by atoms with Crippen molar-refractivity contribution in [3.05, 3.63) is 29.8 Å². The van der Waals surface area contributed by atoms with Crippen molar-refractivity contribution in [2.45, 2.75) is 32.6 Å². The molecule has 72 valence electrons. The summed E-state index contributed by atoms with van der Waals surface area (Å²) in [4.78, 5) is 0. The van der Waals surface area contributed by atoms with Crippen molar-refractivity contribution >= 4 is 5.69 Å². The van der Waals surface area contributed by atoms with Gasteiger partial charge >= 0.3 is 0 Å². The van der Waals surface area contributed by atoms with Crippen LogP contribution < -0.4 is 11.3 Å². The van der Waals surface area contributed by atoms with Crippen molar-refractivity contribution < 1.29 is 0 Å². The second kappa shape index (κ2) is 3.79. The smallest absolute Gasteiger partial charge is 0.0522 e. The molecule has 0 aromatic heterocycles. The van der Waals surface area contributed by atoms with E-state index in [1.54, 1.807) is 0 Å². The third kappa shape index (κ3) is 2.01. The first-order valence-electron chi connectivity index (χ1n) is 4.68. The van der Waals surface area contributed by atoms with Gasteiger partial charge in [0.1, 0.15) is 0 Å². The fraction of sp³-hybridized carbons (Fsp3) is 0.455. The Hall–Kier alpha value is -1.02. The van der Waals surface area contributed by atoms with E-state index in [2.05, 4.69) is 32.3 Å². The van der Waals surface area contributed by atoms with Gasteiger partial charge in [-0.05, 0) is 23.5 Å². The largest absolute Gasteiger partial charge is 0.324 e. The van der Waals surface area contributed by atoms with E-state index >= 15 is 0 Å². The Morgan fingerprint density at radius 1 is 1.31 bits per heavy atom. The summed E-state index contributed by atoms with van der Waals surface area (Å²) in [6.07, 6.45) is 1.10. The van der Waals surface area contributed by atoms with E-state index in [-0.39, 0.29) is 5.41 Å². The van der Waals surface area contributed by atoms with Crippen LogP contribution in [0, 0.1) is 0 Å². The van der Waals surface area contributed by atoms with Gasteiger partial charge in [-0.25, -0.2) is 0 Å². The lowest BCUT2D eigenvalue weighted by Gasteiger charge is -2.25. The van der Waals surface area contributed by atoms with Crippen LogP contribution in [0.2, 0.25) is 0 Å². The molecule has 0 radical (unpaired) electrons. The molecular formula is C11H18N2. The maximum absolute atomic E-state index is 5.45. The maximum atomic E-state index is 5.45. The first-order chi connectivity index (χ1) is 6.11. The molecule has 0 saturated heterocycles. The molecule has 0 heterocycles. The van der Waals surface area contributed by atoms with E-state index in [0.29, 0.717) is 0 Å². The number of anilines is 1. The lowest BCUT2D eigenvalue weighted by molar-refractivity contribution is 0.507. The molecule has 0 unspecified atom stereocenters. The highest BCUT2D eigenvalue weighted by molar-refractivity contribution is 5.53. The van der Waals surface area contributed by atoms with E-state index in [0.717, 1.165) is 12.1 Å². The quantitative estimate of drug-likeness (QED) is 0.551. The predicted octanol–water partition coefficient (Wildman–Crippen LogP) is 2.66. The van der Waals surface area contributed by atoms with Crippen molar-refractivity contribution in [3.63, 3.8) is 0 Å². The Bertz CT molecular complexity index is 279. The van der Waals surface area contributed by atoms with Crippen molar-refractivity contribution in [2.75, 3.05) is 5.43 Å². The number of hydrazine groups is 1. The van der Waals surface area contributed by atoms with E-state index in [1.165, 1.54) is 5.56 Å². The second-order valence-electron chi connectivity index (χ2n) is 3.93. The van der Waals surface area contributed by atoms with Gasteiger partial charge in [0.25, 0.3) is 0 Å². The fourth-order valence-electron chi connectivity index (χ4n) is 1.39. The van der Waals surface area contributed by atoms with Gasteiger partial charge in [0.15, 0.2) is 0 Å². The van der Waals surface area contributed by atoms with E-state index in [4.69, 9.17) is 5.84 Å². The molecule has 0 amide bonds. The van der Waals surface area contributed by atoms with Crippen LogP contribution in [0.15, 0.2) is 24.3 Å². The molecule has 0 saturated carbocycles. The van der Waals surface area contributed by atoms with Gasteiger partial charge in [-0.15, -0.1) is 0 Å². The summed E-state index contributed by atoms with van der Waals surface area (Å²) in [6.45, 7) is 6.64. The summed E-state index contributed by atoms with van der Waals surface area (Å²) in [7, 11) is 0. The minimum Gasteiger partial charge on any atom is -0.324 e. The second-order valence-corrected chi connectivity index (χ2v) is 3.93. The molecule has 0 aliphatic carbocycles. The predicted molar refractivity (Wildman–Crippen MR) is 57.6 cm³/mol. The number of nitrogens with two attached hydrogens (primary N) is 1. The van der Waals surface area contributed by atoms with Crippen LogP contribution in [-0.2, 0) is 5.41 Å². The molecule has 0 fully saturated rings. The van der Waals surface area contributed by atoms with Crippen molar-refractivity contribution in [1.29, 1.82) is 0 Å². The molecule has 0 aliphatic heterocycles. The highest BCUT2D eigenvalue weighted by Crippen LogP contribution is 2.31. The number of nitrogens with one attached hydrogen (secondary N) is 1. The van der Waals surface area contributed by atoms with Crippen LogP contribution >= 0.6 is 0 Å². The Morgan fingerprint density at radius 3 is 2.46 bits per heavy atom. The van der Waals surface area contributed by atoms with Crippen LogP contribution in [0.3, 0.4) is 0 Å². The third-order valence-electron chi connectivity index (χ3n) is 2.70. The third-order valence-corrected chi connectivity index (χ3v) is 2.70. The van der Waals surface area contributed by atoms with E-state index in [1.807, 2.05) is 18.2 Å². The zero-order valence-electron chi connectivity index (χ0n) is 8.59. The number of benzene rings is 1. The molecule has 1 aromatic carbocycles. The van der Waals surface area contributed by atoms with Crippen LogP contribution in [0.25, 0.3) is 0 Å². The summed E-state index contributed by atoms with van der Waals surface area (Å²) in [6, 6.07) is 8.17. The molecule has 13 heavy (non-hydrogen) atoms. The Kier molecular flexibility index (Phi) is 2.94. The van der Waals surface area contributed by atoms with Crippen LogP contribution in [-0.4, -0.2) is 0 Å². The molecular weight excluding hydrogens is 160 g/mol. The molecule has 1 rings (SSSR count). The maximum Gasteiger partial charge on any atom is 0.0522 e. The van der Waals surface area contributed by atoms with Gasteiger partial charge in [0.05, 0.1) is 5.69 Å².